The van der Waals surface area contributed by atoms with Gasteiger partial charge in [0.2, 0.25) is 0 Å². The molecule has 0 aliphatic carbocycles. The topological polar surface area (TPSA) is 117 Å². The van der Waals surface area contributed by atoms with Crippen molar-refractivity contribution in [1.82, 2.24) is 5.32 Å². The number of benzene rings is 1. The van der Waals surface area contributed by atoms with Gasteiger partial charge in [-0.25, -0.2) is 4.79 Å². The Hall–Kier alpha value is -2.84. The number of rotatable bonds is 6. The smallest absolute Gasteiger partial charge is 0.345 e. The number of carbonyl (C=O) groups excluding carboxylic acids is 2. The van der Waals surface area contributed by atoms with Crippen LogP contribution in [-0.4, -0.2) is 43.2 Å². The fourth-order valence-corrected chi connectivity index (χ4v) is 1.97. The van der Waals surface area contributed by atoms with Gasteiger partial charge in [-0.05, 0) is 5.92 Å². The van der Waals surface area contributed by atoms with Gasteiger partial charge in [0.1, 0.15) is 18.8 Å². The zero-order valence-electron chi connectivity index (χ0n) is 13.4. The normalized spacial score (nSPS) is 12.6. The molecule has 1 aliphatic heterocycles. The zero-order valence-corrected chi connectivity index (χ0v) is 13.4. The van der Waals surface area contributed by atoms with E-state index in [4.69, 9.17) is 14.2 Å². The molecule has 1 aromatic carbocycles. The number of fused-ring (bicyclic) bond motifs is 1. The highest BCUT2D eigenvalue weighted by Crippen LogP contribution is 2.36. The first-order chi connectivity index (χ1) is 11.4. The molecule has 9 nitrogen and oxygen atoms in total. The van der Waals surface area contributed by atoms with Crippen LogP contribution in [0.5, 0.6) is 11.5 Å². The Kier molecular flexibility index (Phi) is 5.56. The molecule has 0 atom stereocenters. The molecular weight excluding hydrogens is 320 g/mol. The summed E-state index contributed by atoms with van der Waals surface area (Å²) in [6.45, 7) is 4.31. The van der Waals surface area contributed by atoms with Crippen molar-refractivity contribution in [1.29, 1.82) is 0 Å². The Balaban J connectivity index is 2.10. The van der Waals surface area contributed by atoms with Crippen LogP contribution < -0.4 is 14.8 Å². The summed E-state index contributed by atoms with van der Waals surface area (Å²) >= 11 is 0. The maximum Gasteiger partial charge on any atom is 0.345 e. The summed E-state index contributed by atoms with van der Waals surface area (Å²) in [5, 5.41) is 13.7. The second-order valence-corrected chi connectivity index (χ2v) is 5.54. The van der Waals surface area contributed by atoms with Gasteiger partial charge in [-0.3, -0.25) is 14.9 Å². The summed E-state index contributed by atoms with van der Waals surface area (Å²) in [7, 11) is 0. The summed E-state index contributed by atoms with van der Waals surface area (Å²) in [6.07, 6.45) is 0. The molecule has 0 fully saturated rings. The number of ether oxygens (including phenoxy) is 3. The standard InChI is InChI=1S/C15H18N2O7/c1-9(2)7-16-14(18)8-24-15(19)10-5-12-13(23-4-3-22-12)6-11(10)17(20)21/h5-6,9H,3-4,7-8H2,1-2H3,(H,16,18). The first kappa shape index (κ1) is 17.5. The van der Waals surface area contributed by atoms with Gasteiger partial charge in [-0.15, -0.1) is 0 Å². The number of carbonyl (C=O) groups is 2. The predicted octanol–water partition coefficient (Wildman–Crippen LogP) is 1.29. The van der Waals surface area contributed by atoms with Gasteiger partial charge in [-0.1, -0.05) is 13.8 Å². The van der Waals surface area contributed by atoms with Crippen molar-refractivity contribution in [3.05, 3.63) is 27.8 Å². The Labute approximate surface area is 138 Å². The lowest BCUT2D eigenvalue weighted by Gasteiger charge is -2.18. The van der Waals surface area contributed by atoms with Crippen molar-refractivity contribution >= 4 is 17.6 Å². The molecule has 1 N–H and O–H groups in total. The van der Waals surface area contributed by atoms with Crippen LogP contribution in [0.4, 0.5) is 5.69 Å². The Morgan fingerprint density at radius 2 is 1.92 bits per heavy atom. The third-order valence-electron chi connectivity index (χ3n) is 3.12. The molecule has 2 rings (SSSR count). The number of amides is 1. The van der Waals surface area contributed by atoms with Gasteiger partial charge in [0.05, 0.1) is 11.0 Å². The van der Waals surface area contributed by atoms with Crippen LogP contribution in [0, 0.1) is 16.0 Å². The second kappa shape index (κ2) is 7.62. The van der Waals surface area contributed by atoms with Crippen molar-refractivity contribution in [2.45, 2.75) is 13.8 Å². The molecule has 1 amide bonds. The SMILES string of the molecule is CC(C)CNC(=O)COC(=O)c1cc2c(cc1[N+](=O)[O-])OCCO2. The maximum absolute atomic E-state index is 12.1. The quantitative estimate of drug-likeness (QED) is 0.472. The van der Waals surface area contributed by atoms with Crippen molar-refractivity contribution < 1.29 is 28.7 Å². The van der Waals surface area contributed by atoms with Crippen LogP contribution in [-0.2, 0) is 9.53 Å². The predicted molar refractivity (Wildman–Crippen MR) is 82.2 cm³/mol. The molecule has 1 heterocycles. The first-order valence-corrected chi connectivity index (χ1v) is 7.40. The summed E-state index contributed by atoms with van der Waals surface area (Å²) in [5.74, 6) is -0.776. The third kappa shape index (κ3) is 4.34. The Morgan fingerprint density at radius 3 is 2.50 bits per heavy atom. The van der Waals surface area contributed by atoms with Crippen LogP contribution in [0.3, 0.4) is 0 Å². The second-order valence-electron chi connectivity index (χ2n) is 5.54. The fourth-order valence-electron chi connectivity index (χ4n) is 1.97. The molecular formula is C15H18N2O7. The van der Waals surface area contributed by atoms with Crippen LogP contribution in [0.1, 0.15) is 24.2 Å². The van der Waals surface area contributed by atoms with E-state index >= 15 is 0 Å². The van der Waals surface area contributed by atoms with Crippen molar-refractivity contribution in [2.24, 2.45) is 5.92 Å². The number of nitro groups is 1. The summed E-state index contributed by atoms with van der Waals surface area (Å²) in [6, 6.07) is 2.31. The fraction of sp³-hybridized carbons (Fsp3) is 0.467. The molecule has 9 heteroatoms. The number of nitrogens with zero attached hydrogens (tertiary/aromatic N) is 1. The van der Waals surface area contributed by atoms with E-state index in [-0.39, 0.29) is 36.2 Å². The molecule has 0 unspecified atom stereocenters. The molecule has 1 aliphatic rings. The van der Waals surface area contributed by atoms with Crippen LogP contribution in [0.15, 0.2) is 12.1 Å². The highest BCUT2D eigenvalue weighted by molar-refractivity contribution is 5.96. The molecule has 0 bridgehead atoms. The van der Waals surface area contributed by atoms with Crippen LogP contribution >= 0.6 is 0 Å². The number of hydrogen-bond donors (Lipinski definition) is 1. The van der Waals surface area contributed by atoms with E-state index in [0.717, 1.165) is 6.07 Å². The van der Waals surface area contributed by atoms with E-state index in [1.54, 1.807) is 0 Å². The summed E-state index contributed by atoms with van der Waals surface area (Å²) < 4.78 is 15.4. The monoisotopic (exact) mass is 338 g/mol. The minimum Gasteiger partial charge on any atom is -0.486 e. The third-order valence-corrected chi connectivity index (χ3v) is 3.12. The molecule has 130 valence electrons. The van der Waals surface area contributed by atoms with Gasteiger partial charge in [-0.2, -0.15) is 0 Å². The van der Waals surface area contributed by atoms with E-state index in [2.05, 4.69) is 5.32 Å². The number of hydrogen-bond acceptors (Lipinski definition) is 7. The van der Waals surface area contributed by atoms with Gasteiger partial charge in [0.25, 0.3) is 11.6 Å². The van der Waals surface area contributed by atoms with E-state index in [0.29, 0.717) is 6.54 Å². The van der Waals surface area contributed by atoms with Crippen LogP contribution in [0.25, 0.3) is 0 Å². The molecule has 24 heavy (non-hydrogen) atoms. The number of nitro benzene ring substituents is 1. The van der Waals surface area contributed by atoms with E-state index < -0.39 is 29.1 Å². The average molecular weight is 338 g/mol. The van der Waals surface area contributed by atoms with Crippen molar-refractivity contribution in [2.75, 3.05) is 26.4 Å². The lowest BCUT2D eigenvalue weighted by molar-refractivity contribution is -0.385. The minimum absolute atomic E-state index is 0.194. The summed E-state index contributed by atoms with van der Waals surface area (Å²) in [4.78, 5) is 34.1. The van der Waals surface area contributed by atoms with E-state index in [1.807, 2.05) is 13.8 Å². The van der Waals surface area contributed by atoms with E-state index in [9.17, 15) is 19.7 Å². The van der Waals surface area contributed by atoms with Gasteiger partial charge in [0, 0.05) is 12.6 Å². The molecule has 0 spiro atoms. The number of esters is 1. The first-order valence-electron chi connectivity index (χ1n) is 7.40. The zero-order chi connectivity index (χ0) is 17.7. The lowest BCUT2D eigenvalue weighted by atomic mass is 10.1. The Bertz CT molecular complexity index is 657. The lowest BCUT2D eigenvalue weighted by Crippen LogP contribution is -2.31. The molecule has 0 aromatic heterocycles. The van der Waals surface area contributed by atoms with Gasteiger partial charge < -0.3 is 19.5 Å². The van der Waals surface area contributed by atoms with Crippen molar-refractivity contribution in [3.63, 3.8) is 0 Å². The van der Waals surface area contributed by atoms with E-state index in [1.165, 1.54) is 6.07 Å². The van der Waals surface area contributed by atoms with Crippen LogP contribution in [0.2, 0.25) is 0 Å². The number of nitrogens with one attached hydrogen (secondary N) is 1. The summed E-state index contributed by atoms with van der Waals surface area (Å²) in [5.41, 5.74) is -0.757. The molecule has 0 saturated carbocycles. The molecule has 0 radical (unpaired) electrons. The average Bonchev–Trinajstić information content (AvgIpc) is 2.56. The highest BCUT2D eigenvalue weighted by Gasteiger charge is 2.27. The Morgan fingerprint density at radius 1 is 1.29 bits per heavy atom. The molecule has 0 saturated heterocycles. The van der Waals surface area contributed by atoms with Gasteiger partial charge >= 0.3 is 5.97 Å². The highest BCUT2D eigenvalue weighted by atomic mass is 16.6. The largest absolute Gasteiger partial charge is 0.486 e. The van der Waals surface area contributed by atoms with Crippen molar-refractivity contribution in [3.8, 4) is 11.5 Å². The van der Waals surface area contributed by atoms with Gasteiger partial charge in [0.15, 0.2) is 18.1 Å². The maximum atomic E-state index is 12.1. The minimum atomic E-state index is -0.974. The molecule has 1 aromatic rings.